The van der Waals surface area contributed by atoms with Gasteiger partial charge in [-0.25, -0.2) is 12.7 Å². The van der Waals surface area contributed by atoms with Gasteiger partial charge in [-0.05, 0) is 38.3 Å². The van der Waals surface area contributed by atoms with E-state index in [2.05, 4.69) is 5.32 Å². The molecule has 2 rings (SSSR count). The molecule has 0 bridgehead atoms. The third-order valence-electron chi connectivity index (χ3n) is 4.58. The number of hydrogen-bond acceptors (Lipinski definition) is 4. The highest BCUT2D eigenvalue weighted by Crippen LogP contribution is 2.28. The maximum atomic E-state index is 12.7. The topological polar surface area (TPSA) is 75.7 Å². The summed E-state index contributed by atoms with van der Waals surface area (Å²) in [6.07, 6.45) is 1.78. The van der Waals surface area contributed by atoms with Crippen LogP contribution in [0, 0.1) is 5.92 Å². The van der Waals surface area contributed by atoms with E-state index in [-0.39, 0.29) is 17.6 Å². The lowest BCUT2D eigenvalue weighted by Gasteiger charge is -2.30. The Labute approximate surface area is 171 Å². The van der Waals surface area contributed by atoms with Crippen molar-refractivity contribution in [2.45, 2.75) is 31.9 Å². The Morgan fingerprint density at radius 2 is 1.89 bits per heavy atom. The van der Waals surface area contributed by atoms with Gasteiger partial charge in [0.2, 0.25) is 15.9 Å². The molecule has 1 aromatic rings. The van der Waals surface area contributed by atoms with Crippen molar-refractivity contribution in [1.82, 2.24) is 9.62 Å². The minimum atomic E-state index is -3.54. The molecule has 0 saturated carbocycles. The zero-order valence-electron chi connectivity index (χ0n) is 15.4. The highest BCUT2D eigenvalue weighted by Gasteiger charge is 2.31. The first-order valence-corrected chi connectivity index (χ1v) is 11.5. The van der Waals surface area contributed by atoms with Crippen molar-refractivity contribution in [3.05, 3.63) is 33.8 Å². The molecule has 1 fully saturated rings. The molecule has 0 aliphatic carbocycles. The molecule has 0 radical (unpaired) electrons. The van der Waals surface area contributed by atoms with E-state index >= 15 is 0 Å². The van der Waals surface area contributed by atoms with Crippen LogP contribution < -0.4 is 5.32 Å². The second-order valence-corrected chi connectivity index (χ2v) is 9.25. The first-order chi connectivity index (χ1) is 12.8. The number of carbonyl (C=O) groups excluding carboxylic acids is 1. The van der Waals surface area contributed by atoms with Crippen LogP contribution in [0.1, 0.15) is 31.7 Å². The molecule has 1 aromatic carbocycles. The zero-order valence-corrected chi connectivity index (χ0v) is 17.7. The number of benzene rings is 1. The lowest BCUT2D eigenvalue weighted by Crippen LogP contribution is -2.43. The second kappa shape index (κ2) is 10.6. The largest absolute Gasteiger partial charge is 0.382 e. The number of amides is 1. The van der Waals surface area contributed by atoms with Gasteiger partial charge in [0, 0.05) is 54.4 Å². The molecule has 0 atom stereocenters. The molecule has 1 N–H and O–H groups in total. The van der Waals surface area contributed by atoms with E-state index < -0.39 is 10.0 Å². The lowest BCUT2D eigenvalue weighted by atomic mass is 9.97. The van der Waals surface area contributed by atoms with Crippen LogP contribution in [0.25, 0.3) is 0 Å². The predicted octanol–water partition coefficient (Wildman–Crippen LogP) is 3.08. The molecular formula is C18H26Cl2N2O4S. The van der Waals surface area contributed by atoms with Gasteiger partial charge in [0.25, 0.3) is 0 Å². The van der Waals surface area contributed by atoms with Crippen molar-refractivity contribution in [1.29, 1.82) is 0 Å². The fourth-order valence-electron chi connectivity index (χ4n) is 3.01. The summed E-state index contributed by atoms with van der Waals surface area (Å²) in [5, 5.41) is 3.58. The van der Waals surface area contributed by atoms with Gasteiger partial charge < -0.3 is 10.1 Å². The number of hydrogen-bond donors (Lipinski definition) is 1. The van der Waals surface area contributed by atoms with Crippen LogP contribution in [0.5, 0.6) is 0 Å². The molecule has 1 aliphatic heterocycles. The van der Waals surface area contributed by atoms with Gasteiger partial charge >= 0.3 is 0 Å². The molecule has 9 heteroatoms. The number of nitrogens with one attached hydrogen (secondary N) is 1. The summed E-state index contributed by atoms with van der Waals surface area (Å²) in [4.78, 5) is 12.2. The Balaban J connectivity index is 1.84. The van der Waals surface area contributed by atoms with Crippen LogP contribution in [0.3, 0.4) is 0 Å². The number of carbonyl (C=O) groups is 1. The molecule has 1 saturated heterocycles. The Morgan fingerprint density at radius 3 is 2.48 bits per heavy atom. The molecule has 1 heterocycles. The predicted molar refractivity (Wildman–Crippen MR) is 108 cm³/mol. The van der Waals surface area contributed by atoms with E-state index in [0.29, 0.717) is 61.3 Å². The molecule has 0 spiro atoms. The molecule has 0 unspecified atom stereocenters. The Hall–Kier alpha value is -0.860. The van der Waals surface area contributed by atoms with Crippen LogP contribution in [0.2, 0.25) is 10.0 Å². The first kappa shape index (κ1) is 22.4. The average molecular weight is 437 g/mol. The van der Waals surface area contributed by atoms with Crippen molar-refractivity contribution in [3.8, 4) is 0 Å². The van der Waals surface area contributed by atoms with Gasteiger partial charge in [-0.2, -0.15) is 0 Å². The van der Waals surface area contributed by atoms with E-state index in [0.717, 1.165) is 6.42 Å². The second-order valence-electron chi connectivity index (χ2n) is 6.47. The molecule has 6 nitrogen and oxygen atoms in total. The fraction of sp³-hybridized carbons (Fsp3) is 0.611. The summed E-state index contributed by atoms with van der Waals surface area (Å²) in [7, 11) is -3.54. The standard InChI is InChI=1S/C18H26Cl2N2O4S/c1-2-26-12-4-9-21-18(23)14-7-10-22(11-8-14)27(24,25)13-15-16(19)5-3-6-17(15)20/h3,5-6,14H,2,4,7-13H2,1H3,(H,21,23). The molecule has 0 aromatic heterocycles. The maximum absolute atomic E-state index is 12.7. The van der Waals surface area contributed by atoms with Crippen molar-refractivity contribution in [3.63, 3.8) is 0 Å². The summed E-state index contributed by atoms with van der Waals surface area (Å²) in [6.45, 7) is 4.43. The first-order valence-electron chi connectivity index (χ1n) is 9.11. The van der Waals surface area contributed by atoms with Gasteiger partial charge in [0.15, 0.2) is 0 Å². The monoisotopic (exact) mass is 436 g/mol. The van der Waals surface area contributed by atoms with Crippen molar-refractivity contribution >= 4 is 39.1 Å². The fourth-order valence-corrected chi connectivity index (χ4v) is 5.33. The van der Waals surface area contributed by atoms with E-state index in [1.165, 1.54) is 4.31 Å². The minimum absolute atomic E-state index is 0.0160. The summed E-state index contributed by atoms with van der Waals surface area (Å²) in [5.74, 6) is -0.412. The van der Waals surface area contributed by atoms with Crippen molar-refractivity contribution in [2.24, 2.45) is 5.92 Å². The lowest BCUT2D eigenvalue weighted by molar-refractivity contribution is -0.126. The third kappa shape index (κ3) is 6.61. The van der Waals surface area contributed by atoms with E-state index in [1.807, 2.05) is 6.92 Å². The molecular weight excluding hydrogens is 411 g/mol. The van der Waals surface area contributed by atoms with Gasteiger partial charge in [0.1, 0.15) is 0 Å². The van der Waals surface area contributed by atoms with Crippen LogP contribution in [0.4, 0.5) is 0 Å². The maximum Gasteiger partial charge on any atom is 0.223 e. The van der Waals surface area contributed by atoms with Gasteiger partial charge in [-0.3, -0.25) is 4.79 Å². The van der Waals surface area contributed by atoms with E-state index in [1.54, 1.807) is 18.2 Å². The van der Waals surface area contributed by atoms with E-state index in [4.69, 9.17) is 27.9 Å². The number of halogens is 2. The highest BCUT2D eigenvalue weighted by atomic mass is 35.5. The van der Waals surface area contributed by atoms with E-state index in [9.17, 15) is 13.2 Å². The summed E-state index contributed by atoms with van der Waals surface area (Å²) in [5.41, 5.74) is 0.412. The summed E-state index contributed by atoms with van der Waals surface area (Å²) >= 11 is 12.2. The number of rotatable bonds is 9. The van der Waals surface area contributed by atoms with Crippen LogP contribution in [-0.4, -0.2) is 51.5 Å². The number of piperidine rings is 1. The Morgan fingerprint density at radius 1 is 1.26 bits per heavy atom. The molecule has 152 valence electrons. The molecule has 1 aliphatic rings. The zero-order chi connectivity index (χ0) is 19.9. The quantitative estimate of drug-likeness (QED) is 0.603. The van der Waals surface area contributed by atoms with Crippen molar-refractivity contribution in [2.75, 3.05) is 32.8 Å². The van der Waals surface area contributed by atoms with Gasteiger partial charge in [-0.1, -0.05) is 29.3 Å². The normalized spacial score (nSPS) is 16.4. The van der Waals surface area contributed by atoms with Gasteiger partial charge in [0.05, 0.1) is 5.75 Å². The van der Waals surface area contributed by atoms with Gasteiger partial charge in [-0.15, -0.1) is 0 Å². The summed E-state index contributed by atoms with van der Waals surface area (Å²) < 4.78 is 32.1. The number of nitrogens with zero attached hydrogens (tertiary/aromatic N) is 1. The Bertz CT molecular complexity index is 715. The van der Waals surface area contributed by atoms with Crippen LogP contribution >= 0.6 is 23.2 Å². The number of ether oxygens (including phenoxy) is 1. The molecule has 27 heavy (non-hydrogen) atoms. The van der Waals surface area contributed by atoms with Crippen LogP contribution in [0.15, 0.2) is 18.2 Å². The SMILES string of the molecule is CCOCCCNC(=O)C1CCN(S(=O)(=O)Cc2c(Cl)cccc2Cl)CC1. The Kier molecular flexibility index (Phi) is 8.82. The van der Waals surface area contributed by atoms with Crippen LogP contribution in [-0.2, 0) is 25.3 Å². The summed E-state index contributed by atoms with van der Waals surface area (Å²) in [6, 6.07) is 4.93. The van der Waals surface area contributed by atoms with Crippen molar-refractivity contribution < 1.29 is 17.9 Å². The number of sulfonamides is 1. The minimum Gasteiger partial charge on any atom is -0.382 e. The highest BCUT2D eigenvalue weighted by molar-refractivity contribution is 7.88. The smallest absolute Gasteiger partial charge is 0.223 e. The average Bonchev–Trinajstić information content (AvgIpc) is 2.64. The third-order valence-corrected chi connectivity index (χ3v) is 7.09. The molecule has 1 amide bonds.